The van der Waals surface area contributed by atoms with Gasteiger partial charge in [-0.1, -0.05) is 20.8 Å². The first-order valence-corrected chi connectivity index (χ1v) is 9.75. The van der Waals surface area contributed by atoms with E-state index in [4.69, 9.17) is 4.98 Å². The third-order valence-corrected chi connectivity index (χ3v) is 6.27. The summed E-state index contributed by atoms with van der Waals surface area (Å²) in [7, 11) is 0. The van der Waals surface area contributed by atoms with Crippen LogP contribution in [0.1, 0.15) is 58.1 Å². The number of aryl methyl sites for hydroxylation is 4. The normalized spacial score (nSPS) is 12.0. The molecule has 25 heavy (non-hydrogen) atoms. The van der Waals surface area contributed by atoms with E-state index < -0.39 is 0 Å². The summed E-state index contributed by atoms with van der Waals surface area (Å²) in [4.78, 5) is 29.1. The zero-order chi connectivity index (χ0) is 18.5. The maximum absolute atomic E-state index is 12.7. The predicted octanol–water partition coefficient (Wildman–Crippen LogP) is 4.93. The van der Waals surface area contributed by atoms with Gasteiger partial charge in [-0.2, -0.15) is 0 Å². The van der Waals surface area contributed by atoms with Gasteiger partial charge in [0, 0.05) is 15.7 Å². The number of nitrogens with one attached hydrogen (secondary N) is 1. The van der Waals surface area contributed by atoms with Crippen LogP contribution in [0.3, 0.4) is 0 Å². The Morgan fingerprint density at radius 1 is 0.960 bits per heavy atom. The standard InChI is InChI=1S/C18H22N4OS2/c1-8-12-10(3)19-16(18(5,6)7)22-15(12)25-13(8)14(23)21-17-20-9(2)11(4)24-17/h1-7H3,(H,20,21,23). The number of hydrogen-bond acceptors (Lipinski definition) is 6. The van der Waals surface area contributed by atoms with Crippen LogP contribution in [0.25, 0.3) is 10.2 Å². The monoisotopic (exact) mass is 374 g/mol. The molecule has 0 aromatic carbocycles. The largest absolute Gasteiger partial charge is 0.297 e. The fraction of sp³-hybridized carbons (Fsp3) is 0.444. The van der Waals surface area contributed by atoms with Crippen molar-refractivity contribution in [2.24, 2.45) is 0 Å². The van der Waals surface area contributed by atoms with Crippen LogP contribution < -0.4 is 5.32 Å². The highest BCUT2D eigenvalue weighted by molar-refractivity contribution is 7.21. The summed E-state index contributed by atoms with van der Waals surface area (Å²) < 4.78 is 0. The molecule has 0 saturated carbocycles. The number of amides is 1. The molecular weight excluding hydrogens is 352 g/mol. The lowest BCUT2D eigenvalue weighted by atomic mass is 9.95. The molecule has 0 atom stereocenters. The number of carbonyl (C=O) groups is 1. The van der Waals surface area contributed by atoms with Crippen molar-refractivity contribution in [1.29, 1.82) is 0 Å². The van der Waals surface area contributed by atoms with Gasteiger partial charge in [-0.05, 0) is 33.3 Å². The summed E-state index contributed by atoms with van der Waals surface area (Å²) in [6.07, 6.45) is 0. The Morgan fingerprint density at radius 2 is 1.64 bits per heavy atom. The molecule has 3 aromatic heterocycles. The molecule has 0 aliphatic rings. The maximum atomic E-state index is 12.7. The van der Waals surface area contributed by atoms with Crippen LogP contribution in [0.2, 0.25) is 0 Å². The van der Waals surface area contributed by atoms with Crippen molar-refractivity contribution in [3.8, 4) is 0 Å². The third-order valence-electron chi connectivity index (χ3n) is 4.10. The molecule has 0 bridgehead atoms. The molecule has 0 spiro atoms. The molecule has 0 unspecified atom stereocenters. The Kier molecular flexibility index (Phi) is 4.41. The average molecular weight is 375 g/mol. The Hall–Kier alpha value is -1.86. The van der Waals surface area contributed by atoms with Crippen molar-refractivity contribution >= 4 is 43.9 Å². The minimum Gasteiger partial charge on any atom is -0.297 e. The van der Waals surface area contributed by atoms with Gasteiger partial charge in [-0.3, -0.25) is 10.1 Å². The molecule has 0 radical (unpaired) electrons. The lowest BCUT2D eigenvalue weighted by molar-refractivity contribution is 0.103. The zero-order valence-electron chi connectivity index (χ0n) is 15.6. The van der Waals surface area contributed by atoms with Crippen LogP contribution in [0.15, 0.2) is 0 Å². The second kappa shape index (κ2) is 6.14. The van der Waals surface area contributed by atoms with Gasteiger partial charge in [0.1, 0.15) is 10.7 Å². The van der Waals surface area contributed by atoms with Crippen molar-refractivity contribution in [3.63, 3.8) is 0 Å². The number of aromatic nitrogens is 3. The fourth-order valence-corrected chi connectivity index (χ4v) is 4.51. The van der Waals surface area contributed by atoms with Crippen molar-refractivity contribution in [3.05, 3.63) is 32.5 Å². The Bertz CT molecular complexity index is 960. The van der Waals surface area contributed by atoms with Gasteiger partial charge >= 0.3 is 0 Å². The number of nitrogens with zero attached hydrogens (tertiary/aromatic N) is 3. The summed E-state index contributed by atoms with van der Waals surface area (Å²) in [6, 6.07) is 0. The van der Waals surface area contributed by atoms with Crippen molar-refractivity contribution in [2.75, 3.05) is 5.32 Å². The lowest BCUT2D eigenvalue weighted by Crippen LogP contribution is -2.16. The van der Waals surface area contributed by atoms with E-state index in [1.54, 1.807) is 0 Å². The number of carbonyl (C=O) groups excluding carboxylic acids is 1. The summed E-state index contributed by atoms with van der Waals surface area (Å²) in [6.45, 7) is 14.2. The van der Waals surface area contributed by atoms with Gasteiger partial charge < -0.3 is 0 Å². The number of anilines is 1. The highest BCUT2D eigenvalue weighted by Gasteiger charge is 2.23. The topological polar surface area (TPSA) is 67.8 Å². The van der Waals surface area contributed by atoms with Gasteiger partial charge in [0.15, 0.2) is 5.13 Å². The SMILES string of the molecule is Cc1nc(NC(=O)c2sc3nc(C(C)(C)C)nc(C)c3c2C)sc1C. The molecule has 3 aromatic rings. The molecule has 1 amide bonds. The Labute approximate surface area is 155 Å². The van der Waals surface area contributed by atoms with Crippen LogP contribution in [0, 0.1) is 27.7 Å². The summed E-state index contributed by atoms with van der Waals surface area (Å²) >= 11 is 2.91. The first-order valence-electron chi connectivity index (χ1n) is 8.11. The van der Waals surface area contributed by atoms with Gasteiger partial charge in [0.25, 0.3) is 5.91 Å². The van der Waals surface area contributed by atoms with E-state index in [2.05, 4.69) is 36.1 Å². The summed E-state index contributed by atoms with van der Waals surface area (Å²) in [5.74, 6) is 0.669. The second-order valence-corrected chi connectivity index (χ2v) is 9.44. The highest BCUT2D eigenvalue weighted by atomic mass is 32.1. The smallest absolute Gasteiger partial charge is 0.267 e. The van der Waals surface area contributed by atoms with Gasteiger partial charge in [0.2, 0.25) is 0 Å². The van der Waals surface area contributed by atoms with Crippen molar-refractivity contribution in [1.82, 2.24) is 15.0 Å². The average Bonchev–Trinajstić information content (AvgIpc) is 2.98. The summed E-state index contributed by atoms with van der Waals surface area (Å²) in [5.41, 5.74) is 2.67. The van der Waals surface area contributed by atoms with E-state index in [1.807, 2.05) is 27.7 Å². The number of thiophene rings is 1. The molecule has 0 aliphatic carbocycles. The van der Waals surface area contributed by atoms with Gasteiger partial charge in [-0.15, -0.1) is 22.7 Å². The Balaban J connectivity index is 2.03. The van der Waals surface area contributed by atoms with Gasteiger partial charge in [-0.25, -0.2) is 15.0 Å². The van der Waals surface area contributed by atoms with E-state index in [0.29, 0.717) is 10.0 Å². The number of rotatable bonds is 2. The maximum Gasteiger partial charge on any atom is 0.267 e. The first-order chi connectivity index (χ1) is 11.6. The summed E-state index contributed by atoms with van der Waals surface area (Å²) in [5, 5.41) is 4.53. The van der Waals surface area contributed by atoms with Crippen LogP contribution >= 0.6 is 22.7 Å². The van der Waals surface area contributed by atoms with Crippen LogP contribution in [0.4, 0.5) is 5.13 Å². The molecular formula is C18H22N4OS2. The molecule has 1 N–H and O–H groups in total. The molecule has 3 heterocycles. The Morgan fingerprint density at radius 3 is 2.20 bits per heavy atom. The quantitative estimate of drug-likeness (QED) is 0.690. The lowest BCUT2D eigenvalue weighted by Gasteiger charge is -2.16. The molecule has 0 aliphatic heterocycles. The zero-order valence-corrected chi connectivity index (χ0v) is 17.2. The highest BCUT2D eigenvalue weighted by Crippen LogP contribution is 2.34. The molecule has 3 rings (SSSR count). The fourth-order valence-electron chi connectivity index (χ4n) is 2.57. The van der Waals surface area contributed by atoms with E-state index in [1.165, 1.54) is 22.7 Å². The number of thiazole rings is 1. The van der Waals surface area contributed by atoms with E-state index in [-0.39, 0.29) is 11.3 Å². The number of hydrogen-bond donors (Lipinski definition) is 1. The molecule has 7 heteroatoms. The molecule has 5 nitrogen and oxygen atoms in total. The second-order valence-electron chi connectivity index (χ2n) is 7.23. The van der Waals surface area contributed by atoms with Crippen LogP contribution in [0.5, 0.6) is 0 Å². The van der Waals surface area contributed by atoms with Gasteiger partial charge in [0.05, 0.1) is 16.3 Å². The van der Waals surface area contributed by atoms with Crippen molar-refractivity contribution < 1.29 is 4.79 Å². The molecule has 0 saturated heterocycles. The van der Waals surface area contributed by atoms with E-state index in [0.717, 1.165) is 37.9 Å². The first kappa shape index (κ1) is 17.9. The molecule has 0 fully saturated rings. The van der Waals surface area contributed by atoms with Crippen LogP contribution in [-0.4, -0.2) is 20.9 Å². The minimum absolute atomic E-state index is 0.130. The van der Waals surface area contributed by atoms with E-state index in [9.17, 15) is 4.79 Å². The van der Waals surface area contributed by atoms with Crippen molar-refractivity contribution in [2.45, 2.75) is 53.9 Å². The number of fused-ring (bicyclic) bond motifs is 1. The third kappa shape index (κ3) is 3.30. The van der Waals surface area contributed by atoms with E-state index >= 15 is 0 Å². The van der Waals surface area contributed by atoms with Crippen LogP contribution in [-0.2, 0) is 5.41 Å². The molecule has 132 valence electrons. The predicted molar refractivity (Wildman–Crippen MR) is 105 cm³/mol. The minimum atomic E-state index is -0.133.